The lowest BCUT2D eigenvalue weighted by Gasteiger charge is -2.22. The number of anilines is 1. The van der Waals surface area contributed by atoms with Gasteiger partial charge in [0.05, 0.1) is 6.04 Å². The molecule has 1 atom stereocenters. The number of hydrogen-bond donors (Lipinski definition) is 3. The largest absolute Gasteiger partial charge is 0.396 e. The molecule has 0 radical (unpaired) electrons. The minimum absolute atomic E-state index is 0.0459. The van der Waals surface area contributed by atoms with E-state index in [1.165, 1.54) is 0 Å². The third kappa shape index (κ3) is 3.55. The predicted octanol–water partition coefficient (Wildman–Crippen LogP) is 1.30. The fraction of sp³-hybridized carbons (Fsp3) is 0.500. The van der Waals surface area contributed by atoms with E-state index in [1.807, 2.05) is 24.3 Å². The molecule has 4 nitrogen and oxygen atoms in total. The predicted molar refractivity (Wildman–Crippen MR) is 71.5 cm³/mol. The number of piperidine rings is 1. The van der Waals surface area contributed by atoms with E-state index in [0.29, 0.717) is 6.42 Å². The van der Waals surface area contributed by atoms with Crippen LogP contribution in [0.3, 0.4) is 0 Å². The Morgan fingerprint density at radius 3 is 2.72 bits per heavy atom. The maximum Gasteiger partial charge on any atom is 0.241 e. The first kappa shape index (κ1) is 13.1. The zero-order valence-electron chi connectivity index (χ0n) is 10.5. The number of aliphatic hydroxyl groups excluding tert-OH is 1. The van der Waals surface area contributed by atoms with Gasteiger partial charge in [-0.05, 0) is 43.5 Å². The first-order valence-electron chi connectivity index (χ1n) is 6.53. The van der Waals surface area contributed by atoms with Gasteiger partial charge in [-0.25, -0.2) is 0 Å². The summed E-state index contributed by atoms with van der Waals surface area (Å²) in [5.41, 5.74) is 1.89. The van der Waals surface area contributed by atoms with E-state index in [4.69, 9.17) is 5.11 Å². The van der Waals surface area contributed by atoms with Gasteiger partial charge in [-0.3, -0.25) is 4.79 Å². The molecule has 0 saturated carbocycles. The first-order chi connectivity index (χ1) is 8.79. The Bertz CT molecular complexity index is 383. The van der Waals surface area contributed by atoms with Crippen molar-refractivity contribution in [2.24, 2.45) is 0 Å². The van der Waals surface area contributed by atoms with E-state index in [9.17, 15) is 4.79 Å². The van der Waals surface area contributed by atoms with Crippen molar-refractivity contribution in [1.29, 1.82) is 0 Å². The molecule has 1 fully saturated rings. The number of carbonyl (C=O) groups is 1. The zero-order chi connectivity index (χ0) is 12.8. The molecule has 1 aliphatic rings. The molecule has 3 N–H and O–H groups in total. The molecule has 1 unspecified atom stereocenters. The summed E-state index contributed by atoms with van der Waals surface area (Å²) in [6, 6.07) is 7.56. The number of benzene rings is 1. The van der Waals surface area contributed by atoms with E-state index in [1.54, 1.807) is 0 Å². The molecule has 1 saturated heterocycles. The summed E-state index contributed by atoms with van der Waals surface area (Å²) >= 11 is 0. The average Bonchev–Trinajstić information content (AvgIpc) is 2.42. The Labute approximate surface area is 107 Å². The number of carbonyl (C=O) groups excluding carboxylic acids is 1. The molecule has 1 amide bonds. The number of hydrogen-bond acceptors (Lipinski definition) is 3. The third-order valence-electron chi connectivity index (χ3n) is 3.25. The topological polar surface area (TPSA) is 61.4 Å². The quantitative estimate of drug-likeness (QED) is 0.752. The summed E-state index contributed by atoms with van der Waals surface area (Å²) in [6.45, 7) is 1.07. The van der Waals surface area contributed by atoms with E-state index >= 15 is 0 Å². The van der Waals surface area contributed by atoms with Crippen molar-refractivity contribution in [3.05, 3.63) is 29.8 Å². The van der Waals surface area contributed by atoms with Crippen molar-refractivity contribution in [3.8, 4) is 0 Å². The van der Waals surface area contributed by atoms with Crippen molar-refractivity contribution in [2.45, 2.75) is 31.7 Å². The molecule has 0 spiro atoms. The van der Waals surface area contributed by atoms with E-state index in [-0.39, 0.29) is 18.6 Å². The van der Waals surface area contributed by atoms with Gasteiger partial charge >= 0.3 is 0 Å². The molecule has 1 aromatic carbocycles. The van der Waals surface area contributed by atoms with E-state index < -0.39 is 0 Å². The maximum absolute atomic E-state index is 12.0. The molecule has 4 heteroatoms. The van der Waals surface area contributed by atoms with Crippen molar-refractivity contribution in [3.63, 3.8) is 0 Å². The molecular formula is C14H20N2O2. The van der Waals surface area contributed by atoms with Gasteiger partial charge < -0.3 is 15.7 Å². The Kier molecular flexibility index (Phi) is 4.73. The van der Waals surface area contributed by atoms with Gasteiger partial charge in [0.25, 0.3) is 0 Å². The summed E-state index contributed by atoms with van der Waals surface area (Å²) < 4.78 is 0. The molecule has 0 aromatic heterocycles. The number of nitrogens with one attached hydrogen (secondary N) is 2. The smallest absolute Gasteiger partial charge is 0.241 e. The fourth-order valence-electron chi connectivity index (χ4n) is 2.19. The van der Waals surface area contributed by atoms with Gasteiger partial charge in [0, 0.05) is 12.3 Å². The lowest BCUT2D eigenvalue weighted by molar-refractivity contribution is -0.118. The lowest BCUT2D eigenvalue weighted by Crippen LogP contribution is -2.43. The molecule has 1 heterocycles. The SMILES string of the molecule is O=C(Nc1ccc(CCO)cc1)C1CCCCN1. The van der Waals surface area contributed by atoms with Crippen LogP contribution in [0, 0.1) is 0 Å². The Hall–Kier alpha value is -1.39. The van der Waals surface area contributed by atoms with Crippen LogP contribution < -0.4 is 10.6 Å². The number of aliphatic hydroxyl groups is 1. The highest BCUT2D eigenvalue weighted by Gasteiger charge is 2.20. The summed E-state index contributed by atoms with van der Waals surface area (Å²) in [4.78, 5) is 12.0. The third-order valence-corrected chi connectivity index (χ3v) is 3.25. The average molecular weight is 248 g/mol. The summed E-state index contributed by atoms with van der Waals surface area (Å²) in [6.07, 6.45) is 3.83. The maximum atomic E-state index is 12.0. The normalized spacial score (nSPS) is 19.5. The molecule has 1 aliphatic heterocycles. The van der Waals surface area contributed by atoms with Crippen molar-refractivity contribution < 1.29 is 9.90 Å². The first-order valence-corrected chi connectivity index (χ1v) is 6.53. The Balaban J connectivity index is 1.89. The van der Waals surface area contributed by atoms with Crippen LogP contribution in [0.4, 0.5) is 5.69 Å². The summed E-state index contributed by atoms with van der Waals surface area (Å²) in [5.74, 6) is 0.0459. The molecule has 98 valence electrons. The monoisotopic (exact) mass is 248 g/mol. The minimum atomic E-state index is -0.0594. The molecular weight excluding hydrogens is 228 g/mol. The lowest BCUT2D eigenvalue weighted by atomic mass is 10.0. The van der Waals surface area contributed by atoms with Crippen LogP contribution >= 0.6 is 0 Å². The standard InChI is InChI=1S/C14H20N2O2/c17-10-8-11-4-6-12(7-5-11)16-14(18)13-3-1-2-9-15-13/h4-7,13,15,17H,1-3,8-10H2,(H,16,18). The van der Waals surface area contributed by atoms with Crippen molar-refractivity contribution >= 4 is 11.6 Å². The zero-order valence-corrected chi connectivity index (χ0v) is 10.5. The summed E-state index contributed by atoms with van der Waals surface area (Å²) in [5, 5.41) is 15.0. The van der Waals surface area contributed by atoms with Gasteiger partial charge in [0.2, 0.25) is 5.91 Å². The van der Waals surface area contributed by atoms with Crippen LogP contribution in [0.5, 0.6) is 0 Å². The number of amides is 1. The number of rotatable bonds is 4. The van der Waals surface area contributed by atoms with Crippen LogP contribution in [0.1, 0.15) is 24.8 Å². The minimum Gasteiger partial charge on any atom is -0.396 e. The second-order valence-electron chi connectivity index (χ2n) is 4.66. The Morgan fingerprint density at radius 1 is 1.33 bits per heavy atom. The van der Waals surface area contributed by atoms with Crippen LogP contribution in [-0.2, 0) is 11.2 Å². The van der Waals surface area contributed by atoms with Crippen LogP contribution in [0.15, 0.2) is 24.3 Å². The highest BCUT2D eigenvalue weighted by molar-refractivity contribution is 5.94. The molecule has 1 aromatic rings. The fourth-order valence-corrected chi connectivity index (χ4v) is 2.19. The highest BCUT2D eigenvalue weighted by Crippen LogP contribution is 2.13. The molecule has 18 heavy (non-hydrogen) atoms. The molecule has 0 aliphatic carbocycles. The Morgan fingerprint density at radius 2 is 2.11 bits per heavy atom. The van der Waals surface area contributed by atoms with Crippen LogP contribution in [0.25, 0.3) is 0 Å². The van der Waals surface area contributed by atoms with Gasteiger partial charge in [0.1, 0.15) is 0 Å². The van der Waals surface area contributed by atoms with Gasteiger partial charge in [-0.15, -0.1) is 0 Å². The summed E-state index contributed by atoms with van der Waals surface area (Å²) in [7, 11) is 0. The van der Waals surface area contributed by atoms with Gasteiger partial charge in [-0.2, -0.15) is 0 Å². The van der Waals surface area contributed by atoms with Gasteiger partial charge in [-0.1, -0.05) is 18.6 Å². The van der Waals surface area contributed by atoms with Crippen molar-refractivity contribution in [1.82, 2.24) is 5.32 Å². The molecule has 0 bridgehead atoms. The van der Waals surface area contributed by atoms with Gasteiger partial charge in [0.15, 0.2) is 0 Å². The second-order valence-corrected chi connectivity index (χ2v) is 4.66. The van der Waals surface area contributed by atoms with E-state index in [2.05, 4.69) is 10.6 Å². The van der Waals surface area contributed by atoms with Crippen LogP contribution in [-0.4, -0.2) is 30.2 Å². The van der Waals surface area contributed by atoms with Crippen LogP contribution in [0.2, 0.25) is 0 Å². The molecule has 2 rings (SSSR count). The highest BCUT2D eigenvalue weighted by atomic mass is 16.2. The van der Waals surface area contributed by atoms with Crippen molar-refractivity contribution in [2.75, 3.05) is 18.5 Å². The second kappa shape index (κ2) is 6.52. The van der Waals surface area contributed by atoms with E-state index in [0.717, 1.165) is 37.1 Å².